The number of aliphatic hydroxyl groups is 1. The second-order valence-corrected chi connectivity index (χ2v) is 6.10. The molecule has 0 aliphatic carbocycles. The SMILES string of the molecule is CC(O)CC(C)CNC(=O)CN1C(=O)CCc2ccccc21. The summed E-state index contributed by atoms with van der Waals surface area (Å²) in [5.74, 6) is 0.0293. The van der Waals surface area contributed by atoms with E-state index in [1.54, 1.807) is 11.8 Å². The average Bonchev–Trinajstić information content (AvgIpc) is 2.47. The number of nitrogens with one attached hydrogen (secondary N) is 1. The fraction of sp³-hybridized carbons (Fsp3) is 0.529. The van der Waals surface area contributed by atoms with Crippen LogP contribution in [0.15, 0.2) is 24.3 Å². The van der Waals surface area contributed by atoms with Gasteiger partial charge in [-0.1, -0.05) is 25.1 Å². The third-order valence-corrected chi connectivity index (χ3v) is 3.88. The van der Waals surface area contributed by atoms with Crippen molar-refractivity contribution >= 4 is 17.5 Å². The molecule has 2 amide bonds. The lowest BCUT2D eigenvalue weighted by molar-refractivity contribution is -0.124. The number of fused-ring (bicyclic) bond motifs is 1. The molecule has 5 nitrogen and oxygen atoms in total. The van der Waals surface area contributed by atoms with Crippen LogP contribution in [0.4, 0.5) is 5.69 Å². The number of anilines is 1. The fourth-order valence-electron chi connectivity index (χ4n) is 2.82. The van der Waals surface area contributed by atoms with Crippen LogP contribution in [-0.4, -0.2) is 36.1 Å². The number of hydrogen-bond donors (Lipinski definition) is 2. The van der Waals surface area contributed by atoms with Gasteiger partial charge >= 0.3 is 0 Å². The van der Waals surface area contributed by atoms with E-state index >= 15 is 0 Å². The maximum Gasteiger partial charge on any atom is 0.240 e. The van der Waals surface area contributed by atoms with Crippen molar-refractivity contribution in [2.45, 2.75) is 39.2 Å². The van der Waals surface area contributed by atoms with Gasteiger partial charge in [0.15, 0.2) is 0 Å². The number of amides is 2. The van der Waals surface area contributed by atoms with Crippen molar-refractivity contribution in [3.63, 3.8) is 0 Å². The summed E-state index contributed by atoms with van der Waals surface area (Å²) in [6.45, 7) is 4.28. The van der Waals surface area contributed by atoms with E-state index in [9.17, 15) is 14.7 Å². The molecule has 0 radical (unpaired) electrons. The van der Waals surface area contributed by atoms with Crippen LogP contribution < -0.4 is 10.2 Å². The standard InChI is InChI=1S/C17H24N2O3/c1-12(9-13(2)20)10-18-16(21)11-19-15-6-4-3-5-14(15)7-8-17(19)22/h3-6,12-13,20H,7-11H2,1-2H3,(H,18,21). The van der Waals surface area contributed by atoms with E-state index in [1.807, 2.05) is 31.2 Å². The molecular weight excluding hydrogens is 280 g/mol. The molecule has 0 fully saturated rings. The molecule has 22 heavy (non-hydrogen) atoms. The topological polar surface area (TPSA) is 69.6 Å². The molecule has 1 aromatic rings. The lowest BCUT2D eigenvalue weighted by atomic mass is 10.0. The van der Waals surface area contributed by atoms with Crippen LogP contribution in [-0.2, 0) is 16.0 Å². The Kier molecular flexibility index (Phi) is 5.55. The molecule has 0 spiro atoms. The zero-order valence-corrected chi connectivity index (χ0v) is 13.2. The van der Waals surface area contributed by atoms with Crippen LogP contribution >= 0.6 is 0 Å². The highest BCUT2D eigenvalue weighted by molar-refractivity contribution is 6.00. The van der Waals surface area contributed by atoms with Crippen molar-refractivity contribution in [1.29, 1.82) is 0 Å². The second-order valence-electron chi connectivity index (χ2n) is 6.10. The molecule has 1 heterocycles. The van der Waals surface area contributed by atoms with E-state index < -0.39 is 0 Å². The number of aliphatic hydroxyl groups excluding tert-OH is 1. The third kappa shape index (κ3) is 4.31. The van der Waals surface area contributed by atoms with E-state index in [2.05, 4.69) is 5.32 Å². The van der Waals surface area contributed by atoms with E-state index in [-0.39, 0.29) is 30.4 Å². The van der Waals surface area contributed by atoms with Crippen LogP contribution in [0, 0.1) is 5.92 Å². The minimum absolute atomic E-state index is 0.00845. The first-order valence-corrected chi connectivity index (χ1v) is 7.80. The Labute approximate surface area is 131 Å². The minimum Gasteiger partial charge on any atom is -0.393 e. The Hall–Kier alpha value is -1.88. The molecule has 0 saturated heterocycles. The summed E-state index contributed by atoms with van der Waals surface area (Å²) in [4.78, 5) is 25.7. The first kappa shape index (κ1) is 16.5. The molecule has 2 atom stereocenters. The fourth-order valence-corrected chi connectivity index (χ4v) is 2.82. The summed E-state index contributed by atoms with van der Waals surface area (Å²) >= 11 is 0. The molecule has 120 valence electrons. The minimum atomic E-state index is -0.373. The van der Waals surface area contributed by atoms with E-state index in [0.717, 1.165) is 17.7 Å². The van der Waals surface area contributed by atoms with Gasteiger partial charge in [0.1, 0.15) is 6.54 Å². The molecule has 2 rings (SSSR count). The van der Waals surface area contributed by atoms with Gasteiger partial charge in [-0.05, 0) is 37.3 Å². The highest BCUT2D eigenvalue weighted by Gasteiger charge is 2.25. The van der Waals surface area contributed by atoms with Gasteiger partial charge in [0.25, 0.3) is 0 Å². The molecule has 1 aromatic carbocycles. The monoisotopic (exact) mass is 304 g/mol. The van der Waals surface area contributed by atoms with Crippen LogP contribution in [0.1, 0.15) is 32.3 Å². The number of aryl methyl sites for hydroxylation is 1. The molecule has 0 saturated carbocycles. The normalized spacial score (nSPS) is 16.9. The van der Waals surface area contributed by atoms with Gasteiger partial charge in [0.2, 0.25) is 11.8 Å². The number of para-hydroxylation sites is 1. The zero-order chi connectivity index (χ0) is 16.1. The van der Waals surface area contributed by atoms with Crippen molar-refractivity contribution in [3.8, 4) is 0 Å². The highest BCUT2D eigenvalue weighted by atomic mass is 16.3. The van der Waals surface area contributed by atoms with Gasteiger partial charge in [-0.2, -0.15) is 0 Å². The van der Waals surface area contributed by atoms with Crippen LogP contribution in [0.5, 0.6) is 0 Å². The van der Waals surface area contributed by atoms with Crippen molar-refractivity contribution in [2.24, 2.45) is 5.92 Å². The number of benzene rings is 1. The largest absolute Gasteiger partial charge is 0.393 e. The van der Waals surface area contributed by atoms with Crippen molar-refractivity contribution in [1.82, 2.24) is 5.32 Å². The lowest BCUT2D eigenvalue weighted by Crippen LogP contribution is -2.44. The van der Waals surface area contributed by atoms with Gasteiger partial charge in [-0.25, -0.2) is 0 Å². The summed E-state index contributed by atoms with van der Waals surface area (Å²) < 4.78 is 0. The number of carbonyl (C=O) groups is 2. The summed E-state index contributed by atoms with van der Waals surface area (Å²) in [5.41, 5.74) is 1.95. The number of rotatable bonds is 6. The first-order valence-electron chi connectivity index (χ1n) is 7.80. The van der Waals surface area contributed by atoms with Gasteiger partial charge in [0, 0.05) is 18.7 Å². The molecule has 1 aliphatic heterocycles. The van der Waals surface area contributed by atoms with E-state index in [4.69, 9.17) is 0 Å². The molecular formula is C17H24N2O3. The van der Waals surface area contributed by atoms with Crippen molar-refractivity contribution in [2.75, 3.05) is 18.0 Å². The zero-order valence-electron chi connectivity index (χ0n) is 13.2. The Balaban J connectivity index is 1.92. The van der Waals surface area contributed by atoms with Gasteiger partial charge in [-0.3, -0.25) is 9.59 Å². The van der Waals surface area contributed by atoms with Crippen LogP contribution in [0.2, 0.25) is 0 Å². The van der Waals surface area contributed by atoms with Crippen LogP contribution in [0.3, 0.4) is 0 Å². The highest BCUT2D eigenvalue weighted by Crippen LogP contribution is 2.27. The Morgan fingerprint density at radius 3 is 2.77 bits per heavy atom. The van der Waals surface area contributed by atoms with Crippen molar-refractivity contribution in [3.05, 3.63) is 29.8 Å². The van der Waals surface area contributed by atoms with Crippen molar-refractivity contribution < 1.29 is 14.7 Å². The predicted octanol–water partition coefficient (Wildman–Crippen LogP) is 1.49. The van der Waals surface area contributed by atoms with E-state index in [1.165, 1.54) is 0 Å². The lowest BCUT2D eigenvalue weighted by Gasteiger charge is -2.29. The number of hydrogen-bond acceptors (Lipinski definition) is 3. The second kappa shape index (κ2) is 7.40. The van der Waals surface area contributed by atoms with Gasteiger partial charge < -0.3 is 15.3 Å². The van der Waals surface area contributed by atoms with Gasteiger partial charge in [0.05, 0.1) is 6.10 Å². The van der Waals surface area contributed by atoms with E-state index in [0.29, 0.717) is 19.4 Å². The molecule has 2 unspecified atom stereocenters. The third-order valence-electron chi connectivity index (χ3n) is 3.88. The maximum atomic E-state index is 12.1. The maximum absolute atomic E-state index is 12.1. The number of carbonyl (C=O) groups excluding carboxylic acids is 2. The quantitative estimate of drug-likeness (QED) is 0.836. The summed E-state index contributed by atoms with van der Waals surface area (Å²) in [6, 6.07) is 7.71. The summed E-state index contributed by atoms with van der Waals surface area (Å²) in [5, 5.41) is 12.2. The summed E-state index contributed by atoms with van der Waals surface area (Å²) in [7, 11) is 0. The molecule has 2 N–H and O–H groups in total. The van der Waals surface area contributed by atoms with Gasteiger partial charge in [-0.15, -0.1) is 0 Å². The smallest absolute Gasteiger partial charge is 0.240 e. The molecule has 1 aliphatic rings. The first-order chi connectivity index (χ1) is 10.5. The Morgan fingerprint density at radius 1 is 1.32 bits per heavy atom. The average molecular weight is 304 g/mol. The van der Waals surface area contributed by atoms with Crippen LogP contribution in [0.25, 0.3) is 0 Å². The number of nitrogens with zero attached hydrogens (tertiary/aromatic N) is 1. The molecule has 0 aromatic heterocycles. The summed E-state index contributed by atoms with van der Waals surface area (Å²) in [6.07, 6.45) is 1.45. The Morgan fingerprint density at radius 2 is 2.05 bits per heavy atom. The molecule has 5 heteroatoms. The Bertz CT molecular complexity index is 542. The predicted molar refractivity (Wildman–Crippen MR) is 85.6 cm³/mol. The molecule has 0 bridgehead atoms.